The minimum Gasteiger partial charge on any atom is -0.488 e. The zero-order chi connectivity index (χ0) is 14.7. The number of rotatable bonds is 3. The Morgan fingerprint density at radius 1 is 1.50 bits per heavy atom. The van der Waals surface area contributed by atoms with Gasteiger partial charge < -0.3 is 9.64 Å². The van der Waals surface area contributed by atoms with E-state index in [0.29, 0.717) is 13.1 Å². The van der Waals surface area contributed by atoms with E-state index in [4.69, 9.17) is 4.74 Å². The molecule has 1 aliphatic heterocycles. The van der Waals surface area contributed by atoms with Crippen molar-refractivity contribution >= 4 is 11.6 Å². The molecular formula is C13H15FN2O4. The van der Waals surface area contributed by atoms with Crippen molar-refractivity contribution in [2.75, 3.05) is 13.1 Å². The molecule has 1 fully saturated rings. The highest BCUT2D eigenvalue weighted by atomic mass is 19.1. The van der Waals surface area contributed by atoms with Gasteiger partial charge >= 0.3 is 0 Å². The van der Waals surface area contributed by atoms with E-state index < -0.39 is 10.7 Å². The number of ether oxygens (including phenoxy) is 1. The van der Waals surface area contributed by atoms with Gasteiger partial charge in [-0.2, -0.15) is 0 Å². The van der Waals surface area contributed by atoms with E-state index in [-0.39, 0.29) is 23.4 Å². The van der Waals surface area contributed by atoms with Crippen molar-refractivity contribution in [2.24, 2.45) is 0 Å². The second-order valence-electron chi connectivity index (χ2n) is 4.75. The van der Waals surface area contributed by atoms with Gasteiger partial charge in [0.25, 0.3) is 5.69 Å². The highest BCUT2D eigenvalue weighted by Gasteiger charge is 2.23. The normalized spacial score (nSPS) is 18.7. The third-order valence-corrected chi connectivity index (χ3v) is 3.19. The summed E-state index contributed by atoms with van der Waals surface area (Å²) in [6.07, 6.45) is 1.25. The average molecular weight is 282 g/mol. The van der Waals surface area contributed by atoms with Crippen LogP contribution in [-0.4, -0.2) is 34.9 Å². The van der Waals surface area contributed by atoms with E-state index in [9.17, 15) is 19.3 Å². The fourth-order valence-electron chi connectivity index (χ4n) is 2.23. The molecule has 6 nitrogen and oxygen atoms in total. The first-order valence-corrected chi connectivity index (χ1v) is 6.33. The predicted molar refractivity (Wildman–Crippen MR) is 69.0 cm³/mol. The van der Waals surface area contributed by atoms with Crippen LogP contribution in [0, 0.1) is 15.9 Å². The van der Waals surface area contributed by atoms with Crippen molar-refractivity contribution in [3.8, 4) is 5.75 Å². The fourth-order valence-corrected chi connectivity index (χ4v) is 2.23. The summed E-state index contributed by atoms with van der Waals surface area (Å²) < 4.78 is 18.9. The molecule has 1 atom stereocenters. The first kappa shape index (κ1) is 14.2. The molecule has 2 rings (SSSR count). The lowest BCUT2D eigenvalue weighted by Crippen LogP contribution is -2.43. The summed E-state index contributed by atoms with van der Waals surface area (Å²) in [5.74, 6) is -0.635. The largest absolute Gasteiger partial charge is 0.488 e. The van der Waals surface area contributed by atoms with Crippen molar-refractivity contribution in [3.05, 3.63) is 34.1 Å². The van der Waals surface area contributed by atoms with E-state index >= 15 is 0 Å². The Labute approximate surface area is 115 Å². The Morgan fingerprint density at radius 3 is 2.90 bits per heavy atom. The second-order valence-corrected chi connectivity index (χ2v) is 4.75. The lowest BCUT2D eigenvalue weighted by molar-refractivity contribution is -0.385. The van der Waals surface area contributed by atoms with Crippen LogP contribution in [0.25, 0.3) is 0 Å². The van der Waals surface area contributed by atoms with Gasteiger partial charge in [-0.1, -0.05) is 0 Å². The number of nitro groups is 1. The Hall–Kier alpha value is -2.18. The highest BCUT2D eigenvalue weighted by molar-refractivity contribution is 5.73. The minimum atomic E-state index is -0.714. The lowest BCUT2D eigenvalue weighted by atomic mass is 10.1. The quantitative estimate of drug-likeness (QED) is 0.629. The average Bonchev–Trinajstić information content (AvgIpc) is 2.38. The Balaban J connectivity index is 2.09. The molecule has 0 spiro atoms. The van der Waals surface area contributed by atoms with Crippen LogP contribution >= 0.6 is 0 Å². The molecular weight excluding hydrogens is 267 g/mol. The molecule has 1 amide bonds. The van der Waals surface area contributed by atoms with Crippen molar-refractivity contribution in [1.82, 2.24) is 4.90 Å². The smallest absolute Gasteiger partial charge is 0.276 e. The zero-order valence-electron chi connectivity index (χ0n) is 11.0. The molecule has 1 aliphatic rings. The number of nitro benzene ring substituents is 1. The first-order chi connectivity index (χ1) is 9.45. The summed E-state index contributed by atoms with van der Waals surface area (Å²) in [4.78, 5) is 23.0. The highest BCUT2D eigenvalue weighted by Crippen LogP contribution is 2.24. The van der Waals surface area contributed by atoms with E-state index in [0.717, 1.165) is 25.0 Å². The molecule has 1 unspecified atom stereocenters. The molecule has 0 N–H and O–H groups in total. The van der Waals surface area contributed by atoms with Crippen molar-refractivity contribution < 1.29 is 18.8 Å². The van der Waals surface area contributed by atoms with E-state index in [1.54, 1.807) is 4.90 Å². The van der Waals surface area contributed by atoms with Crippen LogP contribution in [0.3, 0.4) is 0 Å². The number of non-ortho nitro benzene ring substituents is 1. The van der Waals surface area contributed by atoms with Crippen LogP contribution in [-0.2, 0) is 4.79 Å². The number of likely N-dealkylation sites (tertiary alicyclic amines) is 1. The topological polar surface area (TPSA) is 72.7 Å². The monoisotopic (exact) mass is 282 g/mol. The third-order valence-electron chi connectivity index (χ3n) is 3.19. The Kier molecular flexibility index (Phi) is 4.16. The number of carbonyl (C=O) groups excluding carboxylic acids is 1. The number of halogens is 1. The van der Waals surface area contributed by atoms with Gasteiger partial charge in [-0.15, -0.1) is 0 Å². The number of carbonyl (C=O) groups is 1. The molecule has 1 aromatic rings. The Bertz CT molecular complexity index is 535. The first-order valence-electron chi connectivity index (χ1n) is 6.33. The van der Waals surface area contributed by atoms with Crippen LogP contribution in [0.2, 0.25) is 0 Å². The molecule has 1 heterocycles. The minimum absolute atomic E-state index is 0.0384. The van der Waals surface area contributed by atoms with Gasteiger partial charge in [0.1, 0.15) is 17.7 Å². The Morgan fingerprint density at radius 2 is 2.25 bits per heavy atom. The molecule has 1 aromatic carbocycles. The van der Waals surface area contributed by atoms with E-state index in [2.05, 4.69) is 0 Å². The second kappa shape index (κ2) is 5.85. The molecule has 7 heteroatoms. The molecule has 0 aliphatic carbocycles. The van der Waals surface area contributed by atoms with Crippen LogP contribution < -0.4 is 4.74 Å². The fraction of sp³-hybridized carbons (Fsp3) is 0.462. The molecule has 0 radical (unpaired) electrons. The maximum Gasteiger partial charge on any atom is 0.276 e. The maximum atomic E-state index is 13.3. The summed E-state index contributed by atoms with van der Waals surface area (Å²) in [6.45, 7) is 2.58. The van der Waals surface area contributed by atoms with Crippen LogP contribution in [0.1, 0.15) is 19.8 Å². The molecule has 108 valence electrons. The SMILES string of the molecule is CC(=O)N1CCCC(Oc2cc(F)cc([N+](=O)[O-])c2)C1. The summed E-state index contributed by atoms with van der Waals surface area (Å²) in [7, 11) is 0. The van der Waals surface area contributed by atoms with Gasteiger partial charge in [0, 0.05) is 19.5 Å². The number of amides is 1. The molecule has 1 saturated heterocycles. The van der Waals surface area contributed by atoms with E-state index in [1.807, 2.05) is 0 Å². The van der Waals surface area contributed by atoms with E-state index in [1.165, 1.54) is 13.0 Å². The number of hydrogen-bond donors (Lipinski definition) is 0. The summed E-state index contributed by atoms with van der Waals surface area (Å²) in [6, 6.07) is 3.14. The number of hydrogen-bond acceptors (Lipinski definition) is 4. The van der Waals surface area contributed by atoms with Gasteiger partial charge in [0.05, 0.1) is 23.6 Å². The summed E-state index contributed by atoms with van der Waals surface area (Å²) in [5.41, 5.74) is -0.348. The van der Waals surface area contributed by atoms with Gasteiger partial charge in [-0.05, 0) is 12.8 Å². The zero-order valence-corrected chi connectivity index (χ0v) is 11.0. The molecule has 0 aromatic heterocycles. The van der Waals surface area contributed by atoms with Crippen molar-refractivity contribution in [3.63, 3.8) is 0 Å². The van der Waals surface area contributed by atoms with Crippen LogP contribution in [0.15, 0.2) is 18.2 Å². The maximum absolute atomic E-state index is 13.3. The van der Waals surface area contributed by atoms with Crippen molar-refractivity contribution in [1.29, 1.82) is 0 Å². The summed E-state index contributed by atoms with van der Waals surface area (Å²) >= 11 is 0. The standard InChI is InChI=1S/C13H15FN2O4/c1-9(17)15-4-2-3-12(8-15)20-13-6-10(14)5-11(7-13)16(18)19/h5-7,12H,2-4,8H2,1H3. The molecule has 0 saturated carbocycles. The van der Waals surface area contributed by atoms with Gasteiger partial charge in [0.15, 0.2) is 0 Å². The van der Waals surface area contributed by atoms with Crippen LogP contribution in [0.5, 0.6) is 5.75 Å². The lowest BCUT2D eigenvalue weighted by Gasteiger charge is -2.32. The number of piperidine rings is 1. The van der Waals surface area contributed by atoms with Gasteiger partial charge in [0.2, 0.25) is 5.91 Å². The van der Waals surface area contributed by atoms with Crippen molar-refractivity contribution in [2.45, 2.75) is 25.9 Å². The van der Waals surface area contributed by atoms with Gasteiger partial charge in [-0.3, -0.25) is 14.9 Å². The third kappa shape index (κ3) is 3.43. The number of nitrogens with zero attached hydrogens (tertiary/aromatic N) is 2. The van der Waals surface area contributed by atoms with Crippen LogP contribution in [0.4, 0.5) is 10.1 Å². The summed E-state index contributed by atoms with van der Waals surface area (Å²) in [5, 5.41) is 10.7. The molecule has 20 heavy (non-hydrogen) atoms. The molecule has 0 bridgehead atoms. The van der Waals surface area contributed by atoms with Gasteiger partial charge in [-0.25, -0.2) is 4.39 Å². The number of benzene rings is 1. The predicted octanol–water partition coefficient (Wildman–Crippen LogP) is 2.12.